The molecule has 0 spiro atoms. The largest absolute Gasteiger partial charge is 0.415 e. The van der Waals surface area contributed by atoms with Crippen molar-refractivity contribution in [2.24, 2.45) is 5.92 Å². The van der Waals surface area contributed by atoms with Crippen molar-refractivity contribution in [3.05, 3.63) is 34.9 Å². The first-order valence-corrected chi connectivity index (χ1v) is 8.17. The molecule has 0 amide bonds. The molecule has 1 aliphatic carbocycles. The molecule has 0 bridgehead atoms. The first-order chi connectivity index (χ1) is 10.4. The van der Waals surface area contributed by atoms with E-state index in [0.29, 0.717) is 5.92 Å². The van der Waals surface area contributed by atoms with Crippen molar-refractivity contribution in [2.45, 2.75) is 70.3 Å². The predicted octanol–water partition coefficient (Wildman–Crippen LogP) is 5.54. The lowest BCUT2D eigenvalue weighted by Crippen LogP contribution is -2.39. The van der Waals surface area contributed by atoms with Crippen LogP contribution in [0.5, 0.6) is 0 Å². The van der Waals surface area contributed by atoms with Crippen molar-refractivity contribution < 1.29 is 17.9 Å². The van der Waals surface area contributed by atoms with Crippen LogP contribution in [-0.4, -0.2) is 12.3 Å². The summed E-state index contributed by atoms with van der Waals surface area (Å²) in [7, 11) is 0. The van der Waals surface area contributed by atoms with Crippen LogP contribution in [0.15, 0.2) is 18.2 Å². The minimum Gasteiger partial charge on any atom is -0.363 e. The number of ether oxygens (including phenoxy) is 1. The Bertz CT molecular complexity index is 530. The van der Waals surface area contributed by atoms with Gasteiger partial charge in [-0.25, -0.2) is 0 Å². The standard InChI is InChI=1S/C18H23F3O/c1-11-3-5-13(6-4-11)14-7-8-16-12(2)17(18(19,20)21)22-10-15(16)9-14/h7-9,11-13,17H,3-6,10H2,1-2H3. The van der Waals surface area contributed by atoms with E-state index in [1.165, 1.54) is 31.2 Å². The van der Waals surface area contributed by atoms with Crippen molar-refractivity contribution in [3.8, 4) is 0 Å². The zero-order valence-corrected chi connectivity index (χ0v) is 13.1. The SMILES string of the molecule is CC1CCC(c2ccc3c(c2)COC(C(F)(F)F)C3C)CC1. The van der Waals surface area contributed by atoms with Gasteiger partial charge in [0.05, 0.1) is 6.61 Å². The van der Waals surface area contributed by atoms with Crippen molar-refractivity contribution in [1.29, 1.82) is 0 Å². The van der Waals surface area contributed by atoms with Crippen molar-refractivity contribution in [1.82, 2.24) is 0 Å². The number of benzene rings is 1. The van der Waals surface area contributed by atoms with Gasteiger partial charge in [0.25, 0.3) is 0 Å². The summed E-state index contributed by atoms with van der Waals surface area (Å²) in [6, 6.07) is 6.02. The van der Waals surface area contributed by atoms with Gasteiger partial charge in [-0.3, -0.25) is 0 Å². The van der Waals surface area contributed by atoms with E-state index in [4.69, 9.17) is 4.74 Å². The van der Waals surface area contributed by atoms with Crippen LogP contribution in [0.3, 0.4) is 0 Å². The summed E-state index contributed by atoms with van der Waals surface area (Å²) in [6.07, 6.45) is -1.13. The van der Waals surface area contributed by atoms with Gasteiger partial charge in [-0.15, -0.1) is 0 Å². The highest BCUT2D eigenvalue weighted by Gasteiger charge is 2.47. The molecule has 1 aliphatic heterocycles. The lowest BCUT2D eigenvalue weighted by atomic mass is 9.78. The van der Waals surface area contributed by atoms with Crippen LogP contribution in [0.4, 0.5) is 13.2 Å². The topological polar surface area (TPSA) is 9.23 Å². The van der Waals surface area contributed by atoms with E-state index in [1.54, 1.807) is 6.92 Å². The fraction of sp³-hybridized carbons (Fsp3) is 0.667. The molecule has 0 radical (unpaired) electrons. The van der Waals surface area contributed by atoms with Gasteiger partial charge in [-0.1, -0.05) is 44.9 Å². The van der Waals surface area contributed by atoms with Gasteiger partial charge in [0.15, 0.2) is 6.10 Å². The maximum Gasteiger partial charge on any atom is 0.415 e. The summed E-state index contributed by atoms with van der Waals surface area (Å²) in [5.74, 6) is 0.714. The lowest BCUT2D eigenvalue weighted by Gasteiger charge is -2.34. The molecule has 22 heavy (non-hydrogen) atoms. The highest BCUT2D eigenvalue weighted by molar-refractivity contribution is 5.37. The van der Waals surface area contributed by atoms with E-state index in [1.807, 2.05) is 12.1 Å². The van der Waals surface area contributed by atoms with E-state index in [0.717, 1.165) is 17.0 Å². The molecule has 1 aromatic carbocycles. The Kier molecular flexibility index (Phi) is 4.23. The maximum atomic E-state index is 13.0. The molecule has 0 aromatic heterocycles. The molecule has 1 aromatic rings. The molecule has 4 heteroatoms. The van der Waals surface area contributed by atoms with Gasteiger partial charge < -0.3 is 4.74 Å². The molecule has 122 valence electrons. The van der Waals surface area contributed by atoms with Gasteiger partial charge in [0.2, 0.25) is 0 Å². The summed E-state index contributed by atoms with van der Waals surface area (Å²) in [5.41, 5.74) is 3.00. The monoisotopic (exact) mass is 312 g/mol. The number of halogens is 3. The van der Waals surface area contributed by atoms with Gasteiger partial charge in [-0.05, 0) is 41.4 Å². The number of hydrogen-bond acceptors (Lipinski definition) is 1. The average Bonchev–Trinajstić information content (AvgIpc) is 2.46. The summed E-state index contributed by atoms with van der Waals surface area (Å²) in [6.45, 7) is 3.97. The highest BCUT2D eigenvalue weighted by Crippen LogP contribution is 2.42. The Labute approximate surface area is 129 Å². The first kappa shape index (κ1) is 15.9. The maximum absolute atomic E-state index is 13.0. The van der Waals surface area contributed by atoms with Crippen molar-refractivity contribution in [2.75, 3.05) is 0 Å². The number of hydrogen-bond donors (Lipinski definition) is 0. The third-order valence-corrected chi connectivity index (χ3v) is 5.34. The van der Waals surface area contributed by atoms with Crippen LogP contribution in [0.2, 0.25) is 0 Å². The molecule has 2 unspecified atom stereocenters. The van der Waals surface area contributed by atoms with Gasteiger partial charge in [0, 0.05) is 5.92 Å². The summed E-state index contributed by atoms with van der Waals surface area (Å²) >= 11 is 0. The van der Waals surface area contributed by atoms with Crippen LogP contribution in [-0.2, 0) is 11.3 Å². The Balaban J connectivity index is 1.81. The number of alkyl halides is 3. The molecule has 0 saturated heterocycles. The van der Waals surface area contributed by atoms with Gasteiger partial charge in [-0.2, -0.15) is 13.2 Å². The Morgan fingerprint density at radius 3 is 2.36 bits per heavy atom. The zero-order chi connectivity index (χ0) is 15.9. The molecule has 1 heterocycles. The highest BCUT2D eigenvalue weighted by atomic mass is 19.4. The quantitative estimate of drug-likeness (QED) is 0.661. The fourth-order valence-electron chi connectivity index (χ4n) is 3.91. The molecule has 2 aliphatic rings. The molecular weight excluding hydrogens is 289 g/mol. The van der Waals surface area contributed by atoms with E-state index >= 15 is 0 Å². The second kappa shape index (κ2) is 5.88. The minimum atomic E-state index is -4.30. The van der Waals surface area contributed by atoms with E-state index < -0.39 is 18.2 Å². The van der Waals surface area contributed by atoms with E-state index in [2.05, 4.69) is 13.0 Å². The van der Waals surface area contributed by atoms with Crippen LogP contribution in [0, 0.1) is 5.92 Å². The normalized spacial score (nSPS) is 32.6. The Hall–Kier alpha value is -1.03. The van der Waals surface area contributed by atoms with E-state index in [-0.39, 0.29) is 6.61 Å². The summed E-state index contributed by atoms with van der Waals surface area (Å²) < 4.78 is 44.0. The first-order valence-electron chi connectivity index (χ1n) is 8.17. The second-order valence-corrected chi connectivity index (χ2v) is 6.98. The van der Waals surface area contributed by atoms with Crippen LogP contribution in [0.25, 0.3) is 0 Å². The number of fused-ring (bicyclic) bond motifs is 1. The smallest absolute Gasteiger partial charge is 0.363 e. The van der Waals surface area contributed by atoms with Gasteiger partial charge >= 0.3 is 6.18 Å². The Morgan fingerprint density at radius 1 is 1.05 bits per heavy atom. The van der Waals surface area contributed by atoms with Crippen molar-refractivity contribution >= 4 is 0 Å². The lowest BCUT2D eigenvalue weighted by molar-refractivity contribution is -0.233. The second-order valence-electron chi connectivity index (χ2n) is 6.98. The third-order valence-electron chi connectivity index (χ3n) is 5.34. The average molecular weight is 312 g/mol. The molecule has 3 rings (SSSR count). The number of rotatable bonds is 1. The molecule has 2 atom stereocenters. The van der Waals surface area contributed by atoms with Crippen LogP contribution in [0.1, 0.15) is 68.1 Å². The molecule has 1 nitrogen and oxygen atoms in total. The van der Waals surface area contributed by atoms with Crippen molar-refractivity contribution in [3.63, 3.8) is 0 Å². The molecule has 1 fully saturated rings. The fourth-order valence-corrected chi connectivity index (χ4v) is 3.91. The molecule has 1 saturated carbocycles. The van der Waals surface area contributed by atoms with Gasteiger partial charge in [0.1, 0.15) is 0 Å². The molecular formula is C18H23F3O. The Morgan fingerprint density at radius 2 is 1.73 bits per heavy atom. The predicted molar refractivity (Wildman–Crippen MR) is 79.9 cm³/mol. The summed E-state index contributed by atoms with van der Waals surface area (Å²) in [5, 5.41) is 0. The minimum absolute atomic E-state index is 0.0703. The van der Waals surface area contributed by atoms with E-state index in [9.17, 15) is 13.2 Å². The van der Waals surface area contributed by atoms with Crippen LogP contribution >= 0.6 is 0 Å². The molecule has 0 N–H and O–H groups in total. The third kappa shape index (κ3) is 3.03. The van der Waals surface area contributed by atoms with Crippen LogP contribution < -0.4 is 0 Å². The summed E-state index contributed by atoms with van der Waals surface area (Å²) in [4.78, 5) is 0. The zero-order valence-electron chi connectivity index (χ0n) is 13.1.